The molecule has 1 aliphatic heterocycles. The lowest BCUT2D eigenvalue weighted by Gasteiger charge is -2.13. The number of hydrogen-bond donors (Lipinski definition) is 0. The summed E-state index contributed by atoms with van der Waals surface area (Å²) in [6, 6.07) is 0.417. The Morgan fingerprint density at radius 3 is 2.07 bits per heavy atom. The van der Waals surface area contributed by atoms with Crippen LogP contribution in [0.1, 0.15) is 39.0 Å². The molecule has 3 fully saturated rings. The lowest BCUT2D eigenvalue weighted by molar-refractivity contribution is -0.124. The molecule has 0 aromatic carbocycles. The third-order valence-corrected chi connectivity index (χ3v) is 4.12. The van der Waals surface area contributed by atoms with Gasteiger partial charge in [-0.3, -0.25) is 4.79 Å². The fourth-order valence-electron chi connectivity index (χ4n) is 2.79. The zero-order valence-corrected chi connectivity index (χ0v) is 9.62. The first-order valence-corrected chi connectivity index (χ1v) is 6.18. The average Bonchev–Trinajstić information content (AvgIpc) is 3.06. The minimum Gasteiger partial charge on any atom is -0.339 e. The molecular formula is C13H19NO. The molecule has 3 aliphatic rings. The van der Waals surface area contributed by atoms with E-state index in [4.69, 9.17) is 0 Å². The topological polar surface area (TPSA) is 20.3 Å². The van der Waals surface area contributed by atoms with Crippen LogP contribution in [0.3, 0.4) is 0 Å². The fraction of sp³-hybridized carbons (Fsp3) is 0.769. The molecule has 0 radical (unpaired) electrons. The highest BCUT2D eigenvalue weighted by molar-refractivity contribution is 5.97. The Morgan fingerprint density at radius 2 is 1.73 bits per heavy atom. The molecule has 0 aromatic heterocycles. The highest BCUT2D eigenvalue weighted by Crippen LogP contribution is 2.51. The van der Waals surface area contributed by atoms with E-state index in [1.165, 1.54) is 31.3 Å². The SMILES string of the molecule is CC1CC(=C(C2CC2)C2CC2)C(=O)N1C. The summed E-state index contributed by atoms with van der Waals surface area (Å²) < 4.78 is 0. The Bertz CT molecular complexity index is 322. The van der Waals surface area contributed by atoms with Crippen molar-refractivity contribution in [1.29, 1.82) is 0 Å². The summed E-state index contributed by atoms with van der Waals surface area (Å²) in [5.74, 6) is 1.89. The maximum atomic E-state index is 12.1. The van der Waals surface area contributed by atoms with Crippen molar-refractivity contribution in [2.75, 3.05) is 7.05 Å². The van der Waals surface area contributed by atoms with Crippen LogP contribution in [-0.2, 0) is 4.79 Å². The highest BCUT2D eigenvalue weighted by Gasteiger charge is 2.42. The van der Waals surface area contributed by atoms with Gasteiger partial charge in [0.1, 0.15) is 0 Å². The number of likely N-dealkylation sites (tertiary alicyclic amines) is 1. The molecule has 1 amide bonds. The first-order valence-electron chi connectivity index (χ1n) is 6.18. The quantitative estimate of drug-likeness (QED) is 0.634. The molecule has 1 saturated heterocycles. The van der Waals surface area contributed by atoms with E-state index in [0.717, 1.165) is 18.3 Å². The van der Waals surface area contributed by atoms with Gasteiger partial charge in [0.25, 0.3) is 0 Å². The van der Waals surface area contributed by atoms with Gasteiger partial charge in [-0.15, -0.1) is 0 Å². The van der Waals surface area contributed by atoms with E-state index in [1.807, 2.05) is 11.9 Å². The molecule has 2 nitrogen and oxygen atoms in total. The van der Waals surface area contributed by atoms with E-state index < -0.39 is 0 Å². The van der Waals surface area contributed by atoms with Crippen molar-refractivity contribution in [1.82, 2.24) is 4.90 Å². The number of likely N-dealkylation sites (N-methyl/N-ethyl adjacent to an activating group) is 1. The summed E-state index contributed by atoms with van der Waals surface area (Å²) in [7, 11) is 1.94. The average molecular weight is 205 g/mol. The Hall–Kier alpha value is -0.790. The van der Waals surface area contributed by atoms with E-state index in [0.29, 0.717) is 11.9 Å². The first kappa shape index (κ1) is 9.44. The number of hydrogen-bond acceptors (Lipinski definition) is 1. The maximum absolute atomic E-state index is 12.1. The normalized spacial score (nSPS) is 31.3. The first-order chi connectivity index (χ1) is 7.18. The standard InChI is InChI=1S/C13H19NO/c1-8-7-11(13(15)14(8)2)12(9-3-4-9)10-5-6-10/h8-10H,3-7H2,1-2H3. The number of carbonyl (C=O) groups is 1. The highest BCUT2D eigenvalue weighted by atomic mass is 16.2. The van der Waals surface area contributed by atoms with Crippen molar-refractivity contribution in [3.05, 3.63) is 11.1 Å². The van der Waals surface area contributed by atoms with E-state index >= 15 is 0 Å². The Labute approximate surface area is 91.3 Å². The van der Waals surface area contributed by atoms with Gasteiger partial charge in [-0.25, -0.2) is 0 Å². The lowest BCUT2D eigenvalue weighted by atomic mass is 9.97. The van der Waals surface area contributed by atoms with Crippen LogP contribution in [0.4, 0.5) is 0 Å². The summed E-state index contributed by atoms with van der Waals surface area (Å²) in [6.07, 6.45) is 6.33. The number of allylic oxidation sites excluding steroid dienone is 1. The lowest BCUT2D eigenvalue weighted by Crippen LogP contribution is -2.26. The summed E-state index contributed by atoms with van der Waals surface area (Å²) in [5, 5.41) is 0. The monoisotopic (exact) mass is 205 g/mol. The largest absolute Gasteiger partial charge is 0.339 e. The summed E-state index contributed by atoms with van der Waals surface area (Å²) in [6.45, 7) is 2.16. The van der Waals surface area contributed by atoms with Gasteiger partial charge in [-0.05, 0) is 50.9 Å². The van der Waals surface area contributed by atoms with Crippen LogP contribution in [-0.4, -0.2) is 23.9 Å². The van der Waals surface area contributed by atoms with Crippen molar-refractivity contribution >= 4 is 5.91 Å². The molecule has 0 aromatic rings. The predicted molar refractivity (Wildman–Crippen MR) is 59.3 cm³/mol. The van der Waals surface area contributed by atoms with Gasteiger partial charge in [-0.1, -0.05) is 5.57 Å². The summed E-state index contributed by atoms with van der Waals surface area (Å²) >= 11 is 0. The minimum absolute atomic E-state index is 0.316. The molecule has 1 heterocycles. The number of nitrogens with zero attached hydrogens (tertiary/aromatic N) is 1. The van der Waals surface area contributed by atoms with Crippen LogP contribution in [0.15, 0.2) is 11.1 Å². The molecule has 2 heteroatoms. The third-order valence-electron chi connectivity index (χ3n) is 4.12. The van der Waals surface area contributed by atoms with Gasteiger partial charge in [-0.2, -0.15) is 0 Å². The molecule has 0 bridgehead atoms. The summed E-state index contributed by atoms with van der Waals surface area (Å²) in [5.41, 5.74) is 2.76. The second-order valence-corrected chi connectivity index (χ2v) is 5.45. The second kappa shape index (κ2) is 3.10. The smallest absolute Gasteiger partial charge is 0.249 e. The van der Waals surface area contributed by atoms with E-state index in [-0.39, 0.29) is 0 Å². The molecular weight excluding hydrogens is 186 g/mol. The van der Waals surface area contributed by atoms with E-state index in [2.05, 4.69) is 6.92 Å². The Kier molecular flexibility index (Phi) is 1.95. The molecule has 0 N–H and O–H groups in total. The van der Waals surface area contributed by atoms with Crippen molar-refractivity contribution in [2.45, 2.75) is 45.1 Å². The van der Waals surface area contributed by atoms with Crippen molar-refractivity contribution in [3.63, 3.8) is 0 Å². The second-order valence-electron chi connectivity index (χ2n) is 5.45. The molecule has 1 unspecified atom stereocenters. The molecule has 15 heavy (non-hydrogen) atoms. The zero-order valence-electron chi connectivity index (χ0n) is 9.62. The van der Waals surface area contributed by atoms with Crippen molar-refractivity contribution < 1.29 is 4.79 Å². The molecule has 82 valence electrons. The predicted octanol–water partition coefficient (Wildman–Crippen LogP) is 2.35. The van der Waals surface area contributed by atoms with Gasteiger partial charge in [0, 0.05) is 18.7 Å². The van der Waals surface area contributed by atoms with Crippen LogP contribution < -0.4 is 0 Å². The van der Waals surface area contributed by atoms with Crippen LogP contribution in [0.5, 0.6) is 0 Å². The van der Waals surface area contributed by atoms with Crippen LogP contribution in [0.25, 0.3) is 0 Å². The van der Waals surface area contributed by atoms with Crippen molar-refractivity contribution in [3.8, 4) is 0 Å². The third kappa shape index (κ3) is 1.51. The van der Waals surface area contributed by atoms with E-state index in [9.17, 15) is 4.79 Å². The molecule has 1 atom stereocenters. The number of amides is 1. The van der Waals surface area contributed by atoms with Crippen molar-refractivity contribution in [2.24, 2.45) is 11.8 Å². The molecule has 2 aliphatic carbocycles. The van der Waals surface area contributed by atoms with Crippen LogP contribution >= 0.6 is 0 Å². The van der Waals surface area contributed by atoms with Crippen LogP contribution in [0.2, 0.25) is 0 Å². The summed E-state index contributed by atoms with van der Waals surface area (Å²) in [4.78, 5) is 14.0. The molecule has 0 spiro atoms. The van der Waals surface area contributed by atoms with Gasteiger partial charge in [0.05, 0.1) is 0 Å². The van der Waals surface area contributed by atoms with E-state index in [1.54, 1.807) is 5.57 Å². The number of rotatable bonds is 2. The Balaban J connectivity index is 1.95. The minimum atomic E-state index is 0.316. The van der Waals surface area contributed by atoms with Gasteiger partial charge in [0.2, 0.25) is 5.91 Å². The molecule has 3 rings (SSSR count). The Morgan fingerprint density at radius 1 is 1.20 bits per heavy atom. The van der Waals surface area contributed by atoms with Crippen LogP contribution in [0, 0.1) is 11.8 Å². The van der Waals surface area contributed by atoms with Gasteiger partial charge >= 0.3 is 0 Å². The molecule has 2 saturated carbocycles. The maximum Gasteiger partial charge on any atom is 0.249 e. The number of carbonyl (C=O) groups excluding carboxylic acids is 1. The fourth-order valence-corrected chi connectivity index (χ4v) is 2.79. The zero-order chi connectivity index (χ0) is 10.6. The van der Waals surface area contributed by atoms with Gasteiger partial charge in [0.15, 0.2) is 0 Å². The van der Waals surface area contributed by atoms with Gasteiger partial charge < -0.3 is 4.90 Å².